The number of nitrogens with zero attached hydrogens (tertiary/aromatic N) is 4. The zero-order chi connectivity index (χ0) is 19.6. The quantitative estimate of drug-likeness (QED) is 0.403. The number of β-amino-alcohol motifs (C(OH)–C–C–N with tert-alkyl or cyclic N) is 1. The van der Waals surface area contributed by atoms with Crippen molar-refractivity contribution >= 4 is 5.96 Å². The highest BCUT2D eigenvalue weighted by molar-refractivity contribution is 5.80. The highest BCUT2D eigenvalue weighted by Crippen LogP contribution is 2.10. The summed E-state index contributed by atoms with van der Waals surface area (Å²) in [4.78, 5) is 12.1. The first-order valence-corrected chi connectivity index (χ1v) is 10.9. The van der Waals surface area contributed by atoms with Gasteiger partial charge in [-0.1, -0.05) is 30.3 Å². The van der Waals surface area contributed by atoms with Gasteiger partial charge in [-0.25, -0.2) is 0 Å². The van der Waals surface area contributed by atoms with Gasteiger partial charge in [-0.15, -0.1) is 0 Å². The van der Waals surface area contributed by atoms with E-state index < -0.39 is 0 Å². The van der Waals surface area contributed by atoms with Crippen LogP contribution in [0.4, 0.5) is 0 Å². The van der Waals surface area contributed by atoms with Gasteiger partial charge >= 0.3 is 0 Å². The Morgan fingerprint density at radius 2 is 1.82 bits per heavy atom. The van der Waals surface area contributed by atoms with Crippen LogP contribution in [0.2, 0.25) is 0 Å². The number of rotatable bonds is 8. The van der Waals surface area contributed by atoms with Crippen molar-refractivity contribution in [2.45, 2.75) is 38.8 Å². The van der Waals surface area contributed by atoms with Gasteiger partial charge in [0.05, 0.1) is 6.10 Å². The smallest absolute Gasteiger partial charge is 0.194 e. The Morgan fingerprint density at radius 1 is 1.07 bits per heavy atom. The Bertz CT molecular complexity index is 586. The number of hydrogen-bond acceptors (Lipinski definition) is 4. The molecule has 0 bridgehead atoms. The van der Waals surface area contributed by atoms with E-state index >= 15 is 0 Å². The molecule has 0 aliphatic carbocycles. The third kappa shape index (κ3) is 6.76. The second kappa shape index (κ2) is 11.4. The maximum absolute atomic E-state index is 9.74. The van der Waals surface area contributed by atoms with Crippen LogP contribution in [0.1, 0.15) is 31.7 Å². The van der Waals surface area contributed by atoms with Crippen molar-refractivity contribution in [1.29, 1.82) is 0 Å². The molecule has 2 saturated heterocycles. The third-order valence-electron chi connectivity index (χ3n) is 5.66. The Kier molecular flexibility index (Phi) is 8.58. The first-order valence-electron chi connectivity index (χ1n) is 10.9. The van der Waals surface area contributed by atoms with Crippen LogP contribution in [0, 0.1) is 0 Å². The molecule has 1 aromatic carbocycles. The standard InChI is InChI=1S/C22H37N5O/c1-2-23-22(27-13-10-21(28)19-27)24-11-6-7-12-25-14-16-26(17-15-25)18-20-8-4-3-5-9-20/h3-5,8-9,21,28H,2,6-7,10-19H2,1H3,(H,23,24)/t21-/m1/s1. The maximum Gasteiger partial charge on any atom is 0.194 e. The number of likely N-dealkylation sites (tertiary alicyclic amines) is 1. The first kappa shape index (κ1) is 21.1. The average molecular weight is 388 g/mol. The Hall–Kier alpha value is -1.63. The van der Waals surface area contributed by atoms with Crippen LogP contribution in [0.25, 0.3) is 0 Å². The fourth-order valence-corrected chi connectivity index (χ4v) is 4.00. The van der Waals surface area contributed by atoms with E-state index in [-0.39, 0.29) is 6.10 Å². The number of hydrogen-bond donors (Lipinski definition) is 2. The minimum atomic E-state index is -0.204. The number of aliphatic hydroxyl groups is 1. The lowest BCUT2D eigenvalue weighted by Gasteiger charge is -2.34. The minimum absolute atomic E-state index is 0.204. The molecule has 2 heterocycles. The van der Waals surface area contributed by atoms with E-state index in [4.69, 9.17) is 4.99 Å². The summed E-state index contributed by atoms with van der Waals surface area (Å²) in [5.41, 5.74) is 1.41. The van der Waals surface area contributed by atoms with Gasteiger partial charge in [0.2, 0.25) is 0 Å². The molecule has 2 fully saturated rings. The van der Waals surface area contributed by atoms with E-state index in [0.29, 0.717) is 6.54 Å². The van der Waals surface area contributed by atoms with Crippen LogP contribution in [-0.2, 0) is 6.54 Å². The average Bonchev–Trinajstić information content (AvgIpc) is 3.15. The number of aliphatic hydroxyl groups excluding tert-OH is 1. The Labute approximate surface area is 170 Å². The maximum atomic E-state index is 9.74. The molecule has 0 unspecified atom stereocenters. The molecule has 0 spiro atoms. The number of aliphatic imine (C=N–C) groups is 1. The second-order valence-electron chi connectivity index (χ2n) is 7.93. The molecule has 1 atom stereocenters. The predicted octanol–water partition coefficient (Wildman–Crippen LogP) is 1.62. The summed E-state index contributed by atoms with van der Waals surface area (Å²) in [6.07, 6.45) is 2.96. The van der Waals surface area contributed by atoms with Crippen molar-refractivity contribution in [2.24, 2.45) is 4.99 Å². The normalized spacial score (nSPS) is 22.0. The lowest BCUT2D eigenvalue weighted by atomic mass is 10.2. The van der Waals surface area contributed by atoms with Crippen LogP contribution < -0.4 is 5.32 Å². The van der Waals surface area contributed by atoms with Gasteiger partial charge < -0.3 is 20.2 Å². The number of unbranched alkanes of at least 4 members (excludes halogenated alkanes) is 1. The zero-order valence-electron chi connectivity index (χ0n) is 17.4. The van der Waals surface area contributed by atoms with Crippen molar-refractivity contribution in [3.63, 3.8) is 0 Å². The van der Waals surface area contributed by atoms with E-state index in [1.807, 2.05) is 0 Å². The fourth-order valence-electron chi connectivity index (χ4n) is 4.00. The fraction of sp³-hybridized carbons (Fsp3) is 0.682. The van der Waals surface area contributed by atoms with Gasteiger partial charge in [0, 0.05) is 58.9 Å². The lowest BCUT2D eigenvalue weighted by Crippen LogP contribution is -2.46. The van der Waals surface area contributed by atoms with Crippen molar-refractivity contribution in [1.82, 2.24) is 20.0 Å². The largest absolute Gasteiger partial charge is 0.391 e. The summed E-state index contributed by atoms with van der Waals surface area (Å²) in [6.45, 7) is 12.4. The molecule has 2 aliphatic heterocycles. The molecule has 1 aromatic rings. The molecule has 6 heteroatoms. The van der Waals surface area contributed by atoms with E-state index in [2.05, 4.69) is 57.3 Å². The predicted molar refractivity (Wildman–Crippen MR) is 116 cm³/mol. The van der Waals surface area contributed by atoms with Crippen molar-refractivity contribution in [2.75, 3.05) is 58.9 Å². The van der Waals surface area contributed by atoms with Crippen LogP contribution in [0.15, 0.2) is 35.3 Å². The number of nitrogens with one attached hydrogen (secondary N) is 1. The molecule has 6 nitrogen and oxygen atoms in total. The Balaban J connectivity index is 1.30. The van der Waals surface area contributed by atoms with Gasteiger partial charge in [-0.2, -0.15) is 0 Å². The molecular weight excluding hydrogens is 350 g/mol. The van der Waals surface area contributed by atoms with E-state index in [1.54, 1.807) is 0 Å². The van der Waals surface area contributed by atoms with Crippen LogP contribution in [0.5, 0.6) is 0 Å². The molecule has 0 aromatic heterocycles. The lowest BCUT2D eigenvalue weighted by molar-refractivity contribution is 0.126. The molecule has 2 N–H and O–H groups in total. The van der Waals surface area contributed by atoms with Gasteiger partial charge in [0.25, 0.3) is 0 Å². The van der Waals surface area contributed by atoms with Crippen molar-refractivity contribution < 1.29 is 5.11 Å². The van der Waals surface area contributed by atoms with Crippen molar-refractivity contribution in [3.8, 4) is 0 Å². The second-order valence-corrected chi connectivity index (χ2v) is 7.93. The number of benzene rings is 1. The molecular formula is C22H37N5O. The Morgan fingerprint density at radius 3 is 2.50 bits per heavy atom. The summed E-state index contributed by atoms with van der Waals surface area (Å²) in [5.74, 6) is 0.966. The topological polar surface area (TPSA) is 54.3 Å². The molecule has 0 saturated carbocycles. The first-order chi connectivity index (χ1) is 13.7. The highest BCUT2D eigenvalue weighted by atomic mass is 16.3. The van der Waals surface area contributed by atoms with Gasteiger partial charge in [0.15, 0.2) is 5.96 Å². The van der Waals surface area contributed by atoms with Gasteiger partial charge in [-0.05, 0) is 38.3 Å². The van der Waals surface area contributed by atoms with Gasteiger partial charge in [0.1, 0.15) is 0 Å². The summed E-state index contributed by atoms with van der Waals surface area (Å²) in [7, 11) is 0. The highest BCUT2D eigenvalue weighted by Gasteiger charge is 2.22. The SMILES string of the molecule is CCNC(=NCCCCN1CCN(Cc2ccccc2)CC1)N1CC[C@@H](O)C1. The number of piperazine rings is 1. The number of guanidine groups is 1. The van der Waals surface area contributed by atoms with Crippen LogP contribution in [-0.4, -0.2) is 90.8 Å². The molecule has 3 rings (SSSR count). The third-order valence-corrected chi connectivity index (χ3v) is 5.66. The van der Waals surface area contributed by atoms with Gasteiger partial charge in [-0.3, -0.25) is 9.89 Å². The summed E-state index contributed by atoms with van der Waals surface area (Å²) in [5, 5.41) is 13.1. The molecule has 156 valence electrons. The van der Waals surface area contributed by atoms with Crippen LogP contribution >= 0.6 is 0 Å². The van der Waals surface area contributed by atoms with Crippen LogP contribution in [0.3, 0.4) is 0 Å². The van der Waals surface area contributed by atoms with E-state index in [1.165, 1.54) is 31.6 Å². The summed E-state index contributed by atoms with van der Waals surface area (Å²) < 4.78 is 0. The molecule has 0 amide bonds. The monoisotopic (exact) mass is 387 g/mol. The summed E-state index contributed by atoms with van der Waals surface area (Å²) in [6, 6.07) is 10.8. The minimum Gasteiger partial charge on any atom is -0.391 e. The van der Waals surface area contributed by atoms with E-state index in [0.717, 1.165) is 58.1 Å². The molecule has 2 aliphatic rings. The molecule has 28 heavy (non-hydrogen) atoms. The molecule has 0 radical (unpaired) electrons. The summed E-state index contributed by atoms with van der Waals surface area (Å²) >= 11 is 0. The zero-order valence-corrected chi connectivity index (χ0v) is 17.4. The van der Waals surface area contributed by atoms with E-state index in [9.17, 15) is 5.11 Å². The van der Waals surface area contributed by atoms with Crippen molar-refractivity contribution in [3.05, 3.63) is 35.9 Å².